The lowest BCUT2D eigenvalue weighted by molar-refractivity contribution is -0.139. The summed E-state index contributed by atoms with van der Waals surface area (Å²) in [6.07, 6.45) is 1.77. The third kappa shape index (κ3) is 6.58. The van der Waals surface area contributed by atoms with Crippen molar-refractivity contribution in [3.8, 4) is 23.0 Å². The van der Waals surface area contributed by atoms with Crippen LogP contribution in [0.5, 0.6) is 23.0 Å². The molecule has 0 aliphatic carbocycles. The van der Waals surface area contributed by atoms with E-state index in [9.17, 15) is 9.59 Å². The van der Waals surface area contributed by atoms with Crippen molar-refractivity contribution in [2.75, 3.05) is 27.9 Å². The standard InChI is InChI=1S/C33H30Br2N2O7S/c1-6-43-32(39)27-18(2)36-33-37(28(27)20-13-24(40-3)30(42-5)25(14-20)41-4)31(38)26(45-33)15-21-12-22(34)16-23(35)29(21)44-17-19-10-8-7-9-11-19/h7-16,28H,6,17H2,1-5H3/b26-15-/t28-/m1/s1. The molecule has 5 rings (SSSR count). The molecule has 0 unspecified atom stereocenters. The van der Waals surface area contributed by atoms with Gasteiger partial charge in [-0.2, -0.15) is 0 Å². The van der Waals surface area contributed by atoms with Crippen molar-refractivity contribution in [1.29, 1.82) is 0 Å². The van der Waals surface area contributed by atoms with Crippen LogP contribution in [0.1, 0.15) is 36.6 Å². The third-order valence-corrected chi connectivity index (χ3v) is 9.10. The van der Waals surface area contributed by atoms with Gasteiger partial charge in [0.1, 0.15) is 12.4 Å². The van der Waals surface area contributed by atoms with Gasteiger partial charge in [-0.15, -0.1) is 0 Å². The second-order valence-corrected chi connectivity index (χ2v) is 12.6. The molecule has 0 radical (unpaired) electrons. The van der Waals surface area contributed by atoms with Crippen LogP contribution in [-0.2, 0) is 16.1 Å². The second-order valence-electron chi connectivity index (χ2n) is 9.84. The molecule has 0 N–H and O–H groups in total. The fourth-order valence-electron chi connectivity index (χ4n) is 5.08. The van der Waals surface area contributed by atoms with Gasteiger partial charge in [0.2, 0.25) is 5.75 Å². The van der Waals surface area contributed by atoms with E-state index in [-0.39, 0.29) is 17.7 Å². The van der Waals surface area contributed by atoms with Gasteiger partial charge in [-0.05, 0) is 71.2 Å². The van der Waals surface area contributed by atoms with Crippen molar-refractivity contribution in [2.24, 2.45) is 4.99 Å². The van der Waals surface area contributed by atoms with E-state index in [0.717, 1.165) is 14.5 Å². The number of rotatable bonds is 10. The smallest absolute Gasteiger partial charge is 0.338 e. The number of ether oxygens (including phenoxy) is 5. The fourth-order valence-corrected chi connectivity index (χ4v) is 7.49. The largest absolute Gasteiger partial charge is 0.493 e. The molecule has 9 nitrogen and oxygen atoms in total. The molecule has 4 aromatic rings. The molecule has 2 heterocycles. The summed E-state index contributed by atoms with van der Waals surface area (Å²) in [5.41, 5.74) is 2.59. The van der Waals surface area contributed by atoms with Gasteiger partial charge in [-0.1, -0.05) is 57.6 Å². The van der Waals surface area contributed by atoms with Crippen molar-refractivity contribution >= 4 is 55.2 Å². The number of hydrogen-bond donors (Lipinski definition) is 0. The molecule has 0 amide bonds. The number of hydrogen-bond acceptors (Lipinski definition) is 9. The van der Waals surface area contributed by atoms with E-state index in [2.05, 4.69) is 36.9 Å². The van der Waals surface area contributed by atoms with E-state index < -0.39 is 12.0 Å². The number of carbonyl (C=O) groups is 1. The lowest BCUT2D eigenvalue weighted by Gasteiger charge is -2.26. The minimum absolute atomic E-state index is 0.158. The average Bonchev–Trinajstić information content (AvgIpc) is 3.33. The van der Waals surface area contributed by atoms with Crippen molar-refractivity contribution in [2.45, 2.75) is 26.5 Å². The van der Waals surface area contributed by atoms with E-state index in [1.807, 2.05) is 42.5 Å². The normalized spacial score (nSPS) is 14.5. The molecule has 1 aliphatic rings. The highest BCUT2D eigenvalue weighted by Crippen LogP contribution is 2.42. The molecule has 1 aliphatic heterocycles. The number of carbonyl (C=O) groups excluding carboxylic acids is 1. The Balaban J connectivity index is 1.71. The summed E-state index contributed by atoms with van der Waals surface area (Å²) >= 11 is 8.40. The number of aromatic nitrogens is 1. The van der Waals surface area contributed by atoms with Gasteiger partial charge in [0, 0.05) is 10.0 Å². The Kier molecular flexibility index (Phi) is 10.2. The van der Waals surface area contributed by atoms with Gasteiger partial charge in [-0.3, -0.25) is 9.36 Å². The number of fused-ring (bicyclic) bond motifs is 1. The maximum atomic E-state index is 14.3. The number of nitrogens with zero attached hydrogens (tertiary/aromatic N) is 2. The minimum Gasteiger partial charge on any atom is -0.493 e. The van der Waals surface area contributed by atoms with Gasteiger partial charge >= 0.3 is 5.97 Å². The van der Waals surface area contributed by atoms with E-state index >= 15 is 0 Å². The monoisotopic (exact) mass is 756 g/mol. The molecule has 0 saturated heterocycles. The van der Waals surface area contributed by atoms with E-state index in [4.69, 9.17) is 23.7 Å². The van der Waals surface area contributed by atoms with Crippen LogP contribution in [0.25, 0.3) is 6.08 Å². The Labute approximate surface area is 280 Å². The molecule has 45 heavy (non-hydrogen) atoms. The van der Waals surface area contributed by atoms with Gasteiger partial charge in [0.25, 0.3) is 5.56 Å². The number of halogens is 2. The Morgan fingerprint density at radius 1 is 1.00 bits per heavy atom. The maximum absolute atomic E-state index is 14.3. The van der Waals surface area contributed by atoms with Crippen molar-refractivity contribution < 1.29 is 28.5 Å². The number of esters is 1. The summed E-state index contributed by atoms with van der Waals surface area (Å²) in [6.45, 7) is 3.96. The average molecular weight is 758 g/mol. The summed E-state index contributed by atoms with van der Waals surface area (Å²) in [6, 6.07) is 16.2. The summed E-state index contributed by atoms with van der Waals surface area (Å²) in [5.74, 6) is 1.16. The topological polar surface area (TPSA) is 97.6 Å². The van der Waals surface area contributed by atoms with Crippen LogP contribution >= 0.6 is 43.2 Å². The zero-order valence-corrected chi connectivity index (χ0v) is 29.2. The highest BCUT2D eigenvalue weighted by Gasteiger charge is 2.34. The Morgan fingerprint density at radius 3 is 2.31 bits per heavy atom. The van der Waals surface area contributed by atoms with Crippen LogP contribution in [-0.4, -0.2) is 38.5 Å². The van der Waals surface area contributed by atoms with Crippen molar-refractivity contribution in [1.82, 2.24) is 4.57 Å². The van der Waals surface area contributed by atoms with Crippen molar-refractivity contribution in [3.05, 3.63) is 111 Å². The summed E-state index contributed by atoms with van der Waals surface area (Å²) in [5, 5.41) is 0. The minimum atomic E-state index is -0.876. The highest BCUT2D eigenvalue weighted by molar-refractivity contribution is 9.11. The first kappa shape index (κ1) is 32.5. The Bertz CT molecular complexity index is 1940. The lowest BCUT2D eigenvalue weighted by atomic mass is 9.95. The molecule has 0 spiro atoms. The molecule has 0 fully saturated rings. The van der Waals surface area contributed by atoms with Crippen LogP contribution in [0.4, 0.5) is 0 Å². The zero-order valence-electron chi connectivity index (χ0n) is 25.2. The zero-order chi connectivity index (χ0) is 32.2. The van der Waals surface area contributed by atoms with E-state index in [0.29, 0.717) is 55.8 Å². The first-order valence-corrected chi connectivity index (χ1v) is 16.3. The first-order valence-electron chi connectivity index (χ1n) is 13.9. The molecule has 0 saturated carbocycles. The maximum Gasteiger partial charge on any atom is 0.338 e. The number of thiazole rings is 1. The number of benzene rings is 3. The van der Waals surface area contributed by atoms with Crippen LogP contribution in [0, 0.1) is 0 Å². The number of allylic oxidation sites excluding steroid dienone is 1. The Hall–Kier alpha value is -3.87. The summed E-state index contributed by atoms with van der Waals surface area (Å²) in [4.78, 5) is 32.8. The van der Waals surface area contributed by atoms with Crippen LogP contribution in [0.15, 0.2) is 84.6 Å². The predicted molar refractivity (Wildman–Crippen MR) is 179 cm³/mol. The van der Waals surface area contributed by atoms with Crippen LogP contribution in [0.2, 0.25) is 0 Å². The summed E-state index contributed by atoms with van der Waals surface area (Å²) in [7, 11) is 4.52. The second kappa shape index (κ2) is 14.1. The van der Waals surface area contributed by atoms with Gasteiger partial charge in [0.15, 0.2) is 16.3 Å². The fraction of sp³-hybridized carbons (Fsp3) is 0.242. The van der Waals surface area contributed by atoms with Gasteiger partial charge < -0.3 is 23.7 Å². The Morgan fingerprint density at radius 2 is 1.69 bits per heavy atom. The van der Waals surface area contributed by atoms with Gasteiger partial charge in [-0.25, -0.2) is 9.79 Å². The molecule has 12 heteroatoms. The predicted octanol–water partition coefficient (Wildman–Crippen LogP) is 5.93. The molecule has 3 aromatic carbocycles. The SMILES string of the molecule is CCOC(=O)C1=C(C)N=c2s/c(=C\c3cc(Br)cc(Br)c3OCc3ccccc3)c(=O)n2[C@@H]1c1cc(OC)c(OC)c(OC)c1. The molecule has 1 atom stereocenters. The lowest BCUT2D eigenvalue weighted by Crippen LogP contribution is -2.40. The highest BCUT2D eigenvalue weighted by atomic mass is 79.9. The first-order chi connectivity index (χ1) is 21.7. The molecule has 0 bridgehead atoms. The molecule has 1 aromatic heterocycles. The quantitative estimate of drug-likeness (QED) is 0.185. The molecular weight excluding hydrogens is 728 g/mol. The molecule has 234 valence electrons. The van der Waals surface area contributed by atoms with E-state index in [1.165, 1.54) is 37.2 Å². The van der Waals surface area contributed by atoms with Crippen LogP contribution < -0.4 is 33.8 Å². The molecular formula is C33H30Br2N2O7S. The third-order valence-electron chi connectivity index (χ3n) is 7.07. The van der Waals surface area contributed by atoms with Crippen molar-refractivity contribution in [3.63, 3.8) is 0 Å². The van der Waals surface area contributed by atoms with Crippen LogP contribution in [0.3, 0.4) is 0 Å². The van der Waals surface area contributed by atoms with Gasteiger partial charge in [0.05, 0.1) is 54.3 Å². The number of methoxy groups -OCH3 is 3. The van der Waals surface area contributed by atoms with E-state index in [1.54, 1.807) is 32.1 Å². The summed E-state index contributed by atoms with van der Waals surface area (Å²) < 4.78 is 31.8.